The van der Waals surface area contributed by atoms with Crippen LogP contribution in [0.15, 0.2) is 63.1 Å². The number of methoxy groups -OCH3 is 1. The number of hydrogen-bond donors (Lipinski definition) is 1. The van der Waals surface area contributed by atoms with E-state index in [4.69, 9.17) is 4.74 Å². The molecule has 0 spiro atoms. The first kappa shape index (κ1) is 23.1. The van der Waals surface area contributed by atoms with E-state index in [1.807, 2.05) is 0 Å². The van der Waals surface area contributed by atoms with Gasteiger partial charge in [-0.25, -0.2) is 17.2 Å². The fourth-order valence-corrected chi connectivity index (χ4v) is 4.78. The van der Waals surface area contributed by atoms with Gasteiger partial charge >= 0.3 is 0 Å². The molecule has 1 amide bonds. The number of aromatic nitrogens is 1. The summed E-state index contributed by atoms with van der Waals surface area (Å²) in [5.74, 6) is -1.98. The van der Waals surface area contributed by atoms with Crippen LogP contribution in [0.3, 0.4) is 0 Å². The minimum atomic E-state index is -4.20. The van der Waals surface area contributed by atoms with Crippen molar-refractivity contribution in [1.82, 2.24) is 4.57 Å². The van der Waals surface area contributed by atoms with Gasteiger partial charge in [0, 0.05) is 11.8 Å². The van der Waals surface area contributed by atoms with Crippen molar-refractivity contribution < 1.29 is 26.7 Å². The van der Waals surface area contributed by atoms with E-state index < -0.39 is 44.4 Å². The topological polar surface area (TPSA) is 94.5 Å². The molecule has 1 N–H and O–H groups in total. The van der Waals surface area contributed by atoms with Crippen LogP contribution in [0, 0.1) is 25.5 Å². The summed E-state index contributed by atoms with van der Waals surface area (Å²) in [6.45, 7) is 2.43. The Morgan fingerprint density at radius 2 is 1.72 bits per heavy atom. The molecule has 0 unspecified atom stereocenters. The molecule has 32 heavy (non-hydrogen) atoms. The molecular formula is C22H20F2N2O5S. The maximum atomic E-state index is 13.8. The normalized spacial score (nSPS) is 11.3. The highest BCUT2D eigenvalue weighted by Gasteiger charge is 2.26. The lowest BCUT2D eigenvalue weighted by atomic mass is 10.2. The summed E-state index contributed by atoms with van der Waals surface area (Å²) in [5.41, 5.74) is -0.737. The number of carbonyl (C=O) groups excluding carboxylic acids is 1. The zero-order valence-electron chi connectivity index (χ0n) is 17.5. The SMILES string of the molecule is COc1ccc(S(=O)(=O)c2c(C)cc(C)n(CC(=O)Nc3cc(F)ccc3F)c2=O)cc1. The average Bonchev–Trinajstić information content (AvgIpc) is 2.73. The number of anilines is 1. The number of halogens is 2. The Kier molecular flexibility index (Phi) is 6.45. The number of carbonyl (C=O) groups is 1. The summed E-state index contributed by atoms with van der Waals surface area (Å²) in [5, 5.41) is 2.19. The molecule has 1 aromatic heterocycles. The van der Waals surface area contributed by atoms with Crippen LogP contribution in [-0.4, -0.2) is 26.0 Å². The Hall–Kier alpha value is -3.53. The van der Waals surface area contributed by atoms with Gasteiger partial charge in [0.1, 0.15) is 28.8 Å². The number of aryl methyl sites for hydroxylation is 2. The number of hydrogen-bond acceptors (Lipinski definition) is 5. The third-order valence-corrected chi connectivity index (χ3v) is 6.72. The largest absolute Gasteiger partial charge is 0.497 e. The molecule has 3 rings (SSSR count). The number of nitrogens with one attached hydrogen (secondary N) is 1. The van der Waals surface area contributed by atoms with Gasteiger partial charge in [0.05, 0.1) is 17.7 Å². The second-order valence-corrected chi connectivity index (χ2v) is 8.93. The Balaban J connectivity index is 2.00. The molecule has 10 heteroatoms. The van der Waals surface area contributed by atoms with E-state index in [1.54, 1.807) is 0 Å². The van der Waals surface area contributed by atoms with Crippen LogP contribution in [0.25, 0.3) is 0 Å². The lowest BCUT2D eigenvalue weighted by molar-refractivity contribution is -0.116. The van der Waals surface area contributed by atoms with E-state index in [2.05, 4.69) is 5.32 Å². The standard InChI is InChI=1S/C22H20F2N2O5S/c1-13-10-14(2)26(12-20(27)25-19-11-15(23)4-9-18(19)24)22(28)21(13)32(29,30)17-7-5-16(31-3)6-8-17/h4-11H,12H2,1-3H3,(H,25,27). The maximum absolute atomic E-state index is 13.8. The molecule has 1 heterocycles. The monoisotopic (exact) mass is 462 g/mol. The van der Waals surface area contributed by atoms with Crippen LogP contribution in [0.4, 0.5) is 14.5 Å². The molecule has 0 saturated heterocycles. The third-order valence-electron chi connectivity index (χ3n) is 4.79. The van der Waals surface area contributed by atoms with Crippen LogP contribution in [0.5, 0.6) is 5.75 Å². The predicted molar refractivity (Wildman–Crippen MR) is 114 cm³/mol. The number of pyridine rings is 1. The summed E-state index contributed by atoms with van der Waals surface area (Å²) in [4.78, 5) is 24.9. The first-order valence-electron chi connectivity index (χ1n) is 9.39. The third kappa shape index (κ3) is 4.54. The minimum Gasteiger partial charge on any atom is -0.497 e. The fourth-order valence-electron chi connectivity index (χ4n) is 3.23. The van der Waals surface area contributed by atoms with Crippen LogP contribution in [0.1, 0.15) is 11.3 Å². The highest BCUT2D eigenvalue weighted by Crippen LogP contribution is 2.24. The van der Waals surface area contributed by atoms with Gasteiger partial charge in [-0.15, -0.1) is 0 Å². The quantitative estimate of drug-likeness (QED) is 0.607. The molecular weight excluding hydrogens is 442 g/mol. The second-order valence-electron chi connectivity index (χ2n) is 7.04. The fraction of sp³-hybridized carbons (Fsp3) is 0.182. The Morgan fingerprint density at radius 3 is 2.34 bits per heavy atom. The van der Waals surface area contributed by atoms with Gasteiger partial charge in [0.2, 0.25) is 15.7 Å². The van der Waals surface area contributed by atoms with Crippen molar-refractivity contribution in [1.29, 1.82) is 0 Å². The van der Waals surface area contributed by atoms with E-state index in [1.165, 1.54) is 51.3 Å². The van der Waals surface area contributed by atoms with Crippen LogP contribution in [0.2, 0.25) is 0 Å². The number of sulfone groups is 1. The van der Waals surface area contributed by atoms with E-state index in [-0.39, 0.29) is 16.1 Å². The maximum Gasteiger partial charge on any atom is 0.270 e. The van der Waals surface area contributed by atoms with Gasteiger partial charge in [-0.05, 0) is 61.9 Å². The van der Waals surface area contributed by atoms with E-state index in [0.717, 1.165) is 22.8 Å². The van der Waals surface area contributed by atoms with Crippen LogP contribution in [-0.2, 0) is 21.2 Å². The van der Waals surface area contributed by atoms with E-state index >= 15 is 0 Å². The Morgan fingerprint density at radius 1 is 1.06 bits per heavy atom. The molecule has 3 aromatic rings. The summed E-state index contributed by atoms with van der Waals surface area (Å²) in [6.07, 6.45) is 0. The molecule has 0 aliphatic heterocycles. The Labute approximate surface area is 183 Å². The van der Waals surface area contributed by atoms with Crippen LogP contribution >= 0.6 is 0 Å². The van der Waals surface area contributed by atoms with Crippen molar-refractivity contribution in [2.75, 3.05) is 12.4 Å². The lowest BCUT2D eigenvalue weighted by Gasteiger charge is -2.15. The van der Waals surface area contributed by atoms with Gasteiger partial charge in [-0.2, -0.15) is 0 Å². The first-order valence-corrected chi connectivity index (χ1v) is 10.9. The molecule has 0 atom stereocenters. The highest BCUT2D eigenvalue weighted by molar-refractivity contribution is 7.91. The van der Waals surface area contributed by atoms with Gasteiger partial charge in [0.25, 0.3) is 5.56 Å². The zero-order valence-corrected chi connectivity index (χ0v) is 18.3. The molecule has 0 fully saturated rings. The second kappa shape index (κ2) is 8.91. The molecule has 7 nitrogen and oxygen atoms in total. The van der Waals surface area contributed by atoms with Gasteiger partial charge in [-0.1, -0.05) is 0 Å². The molecule has 0 aliphatic carbocycles. The molecule has 0 saturated carbocycles. The van der Waals surface area contributed by atoms with Crippen molar-refractivity contribution in [2.45, 2.75) is 30.2 Å². The molecule has 0 radical (unpaired) electrons. The smallest absolute Gasteiger partial charge is 0.270 e. The van der Waals surface area contributed by atoms with E-state index in [9.17, 15) is 26.8 Å². The molecule has 2 aromatic carbocycles. The molecule has 168 valence electrons. The van der Waals surface area contributed by atoms with Gasteiger partial charge in [-0.3, -0.25) is 9.59 Å². The summed E-state index contributed by atoms with van der Waals surface area (Å²) >= 11 is 0. The number of ether oxygens (including phenoxy) is 1. The minimum absolute atomic E-state index is 0.111. The lowest BCUT2D eigenvalue weighted by Crippen LogP contribution is -2.33. The number of benzene rings is 2. The molecule has 0 bridgehead atoms. The Bertz CT molecular complexity index is 1350. The van der Waals surface area contributed by atoms with Crippen molar-refractivity contribution in [3.63, 3.8) is 0 Å². The summed E-state index contributed by atoms with van der Waals surface area (Å²) < 4.78 is 59.4. The van der Waals surface area contributed by atoms with Gasteiger partial charge < -0.3 is 14.6 Å². The zero-order chi connectivity index (χ0) is 23.6. The average molecular weight is 462 g/mol. The number of nitrogens with zero attached hydrogens (tertiary/aromatic N) is 1. The van der Waals surface area contributed by atoms with Crippen LogP contribution < -0.4 is 15.6 Å². The summed E-state index contributed by atoms with van der Waals surface area (Å²) in [6, 6.07) is 9.56. The van der Waals surface area contributed by atoms with E-state index in [0.29, 0.717) is 11.4 Å². The van der Waals surface area contributed by atoms with Crippen molar-refractivity contribution in [3.05, 3.63) is 81.8 Å². The summed E-state index contributed by atoms with van der Waals surface area (Å²) in [7, 11) is -2.76. The molecule has 0 aliphatic rings. The predicted octanol–water partition coefficient (Wildman–Crippen LogP) is 3.22. The van der Waals surface area contributed by atoms with Crippen molar-refractivity contribution in [2.24, 2.45) is 0 Å². The first-order chi connectivity index (χ1) is 15.0. The number of amides is 1. The number of rotatable bonds is 6. The van der Waals surface area contributed by atoms with Crippen molar-refractivity contribution in [3.8, 4) is 5.75 Å². The highest BCUT2D eigenvalue weighted by atomic mass is 32.2. The van der Waals surface area contributed by atoms with Crippen molar-refractivity contribution >= 4 is 21.4 Å². The van der Waals surface area contributed by atoms with Gasteiger partial charge in [0.15, 0.2) is 0 Å².